The first kappa shape index (κ1) is 9.83. The van der Waals surface area contributed by atoms with Crippen LogP contribution in [0.4, 0.5) is 4.79 Å². The first-order valence-electron chi connectivity index (χ1n) is 3.06. The molecule has 1 fully saturated rings. The predicted molar refractivity (Wildman–Crippen MR) is 35.1 cm³/mol. The van der Waals surface area contributed by atoms with Crippen LogP contribution in [0.5, 0.6) is 0 Å². The molecule has 1 aliphatic rings. The summed E-state index contributed by atoms with van der Waals surface area (Å²) in [6.45, 7) is 3.22. The molecule has 0 aromatic carbocycles. The summed E-state index contributed by atoms with van der Waals surface area (Å²) >= 11 is 0. The van der Waals surface area contributed by atoms with E-state index in [2.05, 4.69) is 5.32 Å². The Hall–Kier alpha value is -0.173. The van der Waals surface area contributed by atoms with Crippen molar-refractivity contribution in [1.29, 1.82) is 0 Å². The molecule has 1 heterocycles. The SMILES string of the molecule is NC(=O)N1CCNCC1.[H-].[Li+]. The van der Waals surface area contributed by atoms with Gasteiger partial charge in [-0.3, -0.25) is 0 Å². The fourth-order valence-electron chi connectivity index (χ4n) is 0.885. The van der Waals surface area contributed by atoms with Gasteiger partial charge in [0.2, 0.25) is 0 Å². The number of carbonyl (C=O) groups excluding carboxylic acids is 1. The summed E-state index contributed by atoms with van der Waals surface area (Å²) in [6, 6.07) is -0.309. The number of urea groups is 1. The third-order valence-electron chi connectivity index (χ3n) is 1.43. The molecule has 3 N–H and O–H groups in total. The van der Waals surface area contributed by atoms with E-state index in [4.69, 9.17) is 5.73 Å². The molecule has 0 aromatic rings. The van der Waals surface area contributed by atoms with Crippen molar-refractivity contribution in [3.63, 3.8) is 0 Å². The van der Waals surface area contributed by atoms with Gasteiger partial charge < -0.3 is 17.4 Å². The number of amides is 2. The van der Waals surface area contributed by atoms with Crippen molar-refractivity contribution < 1.29 is 25.1 Å². The van der Waals surface area contributed by atoms with Gasteiger partial charge in [0.1, 0.15) is 0 Å². The van der Waals surface area contributed by atoms with Crippen LogP contribution in [0.3, 0.4) is 0 Å². The van der Waals surface area contributed by atoms with Crippen molar-refractivity contribution in [2.75, 3.05) is 26.2 Å². The zero-order chi connectivity index (χ0) is 6.69. The number of nitrogens with zero attached hydrogens (tertiary/aromatic N) is 1. The van der Waals surface area contributed by atoms with E-state index in [0.717, 1.165) is 26.2 Å². The summed E-state index contributed by atoms with van der Waals surface area (Å²) in [5, 5.41) is 3.12. The Morgan fingerprint density at radius 1 is 1.50 bits per heavy atom. The molecular formula is C5H12LiN3O. The number of primary amides is 1. The Morgan fingerprint density at radius 3 is 2.30 bits per heavy atom. The third kappa shape index (κ3) is 2.61. The van der Waals surface area contributed by atoms with E-state index in [1.165, 1.54) is 0 Å². The summed E-state index contributed by atoms with van der Waals surface area (Å²) in [5.74, 6) is 0. The predicted octanol–water partition coefficient (Wildman–Crippen LogP) is -3.91. The van der Waals surface area contributed by atoms with Gasteiger partial charge in [0.25, 0.3) is 0 Å². The molecule has 5 heteroatoms. The van der Waals surface area contributed by atoms with Crippen LogP contribution in [0.1, 0.15) is 1.43 Å². The van der Waals surface area contributed by atoms with E-state index in [1.807, 2.05) is 0 Å². The molecule has 0 radical (unpaired) electrons. The summed E-state index contributed by atoms with van der Waals surface area (Å²) in [6.07, 6.45) is 0. The maximum Gasteiger partial charge on any atom is 1.00 e. The normalized spacial score (nSPS) is 17.8. The van der Waals surface area contributed by atoms with Crippen LogP contribution in [-0.2, 0) is 0 Å². The minimum Gasteiger partial charge on any atom is -1.00 e. The first-order valence-corrected chi connectivity index (χ1v) is 3.06. The topological polar surface area (TPSA) is 58.4 Å². The van der Waals surface area contributed by atoms with Crippen LogP contribution in [0.15, 0.2) is 0 Å². The number of piperazine rings is 1. The molecule has 0 spiro atoms. The van der Waals surface area contributed by atoms with E-state index in [9.17, 15) is 4.79 Å². The third-order valence-corrected chi connectivity index (χ3v) is 1.43. The molecule has 54 valence electrons. The molecule has 1 rings (SSSR count). The van der Waals surface area contributed by atoms with Crippen molar-refractivity contribution in [2.24, 2.45) is 5.73 Å². The van der Waals surface area contributed by atoms with Crippen molar-refractivity contribution >= 4 is 6.03 Å². The molecule has 2 amide bonds. The van der Waals surface area contributed by atoms with Gasteiger partial charge in [-0.1, -0.05) is 0 Å². The standard InChI is InChI=1S/C5H11N3O.Li.H/c6-5(9)8-3-1-7-2-4-8;;/h7H,1-4H2,(H2,6,9);;/q;+1;-1. The minimum absolute atomic E-state index is 0. The van der Waals surface area contributed by atoms with Crippen LogP contribution < -0.4 is 29.9 Å². The van der Waals surface area contributed by atoms with E-state index < -0.39 is 0 Å². The molecule has 0 unspecified atom stereocenters. The molecule has 0 bridgehead atoms. The number of rotatable bonds is 0. The average Bonchev–Trinajstić information content (AvgIpc) is 1.90. The van der Waals surface area contributed by atoms with Crippen molar-refractivity contribution in [3.05, 3.63) is 0 Å². The van der Waals surface area contributed by atoms with Crippen molar-refractivity contribution in [3.8, 4) is 0 Å². The van der Waals surface area contributed by atoms with Gasteiger partial charge in [0.15, 0.2) is 0 Å². The maximum absolute atomic E-state index is 10.5. The Bertz CT molecular complexity index is 118. The Balaban J connectivity index is 0. The van der Waals surface area contributed by atoms with Gasteiger partial charge in [-0.2, -0.15) is 0 Å². The van der Waals surface area contributed by atoms with Crippen LogP contribution in [0, 0.1) is 0 Å². The van der Waals surface area contributed by atoms with Crippen LogP contribution >= 0.6 is 0 Å². The fraction of sp³-hybridized carbons (Fsp3) is 0.800. The Labute approximate surface area is 73.8 Å². The van der Waals surface area contributed by atoms with Crippen LogP contribution in [0.2, 0.25) is 0 Å². The molecule has 0 aliphatic carbocycles. The molecule has 0 aromatic heterocycles. The number of hydrogen-bond acceptors (Lipinski definition) is 2. The minimum atomic E-state index is -0.309. The molecule has 1 aliphatic heterocycles. The van der Waals surface area contributed by atoms with E-state index in [-0.39, 0.29) is 26.3 Å². The molecule has 0 saturated carbocycles. The molecule has 10 heavy (non-hydrogen) atoms. The summed E-state index contributed by atoms with van der Waals surface area (Å²) in [5.41, 5.74) is 5.03. The number of hydrogen-bond donors (Lipinski definition) is 2. The van der Waals surface area contributed by atoms with Gasteiger partial charge in [-0.05, 0) is 0 Å². The first-order chi connectivity index (χ1) is 4.30. The Morgan fingerprint density at radius 2 is 2.00 bits per heavy atom. The smallest absolute Gasteiger partial charge is 1.00 e. The van der Waals surface area contributed by atoms with E-state index in [0.29, 0.717) is 0 Å². The fourth-order valence-corrected chi connectivity index (χ4v) is 0.885. The number of nitrogens with two attached hydrogens (primary N) is 1. The van der Waals surface area contributed by atoms with Gasteiger partial charge in [0, 0.05) is 26.2 Å². The average molecular weight is 137 g/mol. The molecular weight excluding hydrogens is 125 g/mol. The van der Waals surface area contributed by atoms with Crippen molar-refractivity contribution in [1.82, 2.24) is 10.2 Å². The summed E-state index contributed by atoms with van der Waals surface area (Å²) in [4.78, 5) is 12.1. The second-order valence-corrected chi connectivity index (χ2v) is 2.08. The van der Waals surface area contributed by atoms with E-state index in [1.54, 1.807) is 4.90 Å². The van der Waals surface area contributed by atoms with Crippen LogP contribution in [-0.4, -0.2) is 37.1 Å². The number of carbonyl (C=O) groups is 1. The number of nitrogens with one attached hydrogen (secondary N) is 1. The maximum atomic E-state index is 10.5. The second kappa shape index (κ2) is 4.61. The molecule has 4 nitrogen and oxygen atoms in total. The van der Waals surface area contributed by atoms with E-state index >= 15 is 0 Å². The quantitative estimate of drug-likeness (QED) is 0.335. The van der Waals surface area contributed by atoms with Crippen molar-refractivity contribution in [2.45, 2.75) is 0 Å². The zero-order valence-electron chi connectivity index (χ0n) is 7.26. The Kier molecular flexibility index (Phi) is 4.53. The van der Waals surface area contributed by atoms with Gasteiger partial charge in [0.05, 0.1) is 0 Å². The van der Waals surface area contributed by atoms with Crippen LogP contribution in [0.25, 0.3) is 0 Å². The van der Waals surface area contributed by atoms with Gasteiger partial charge in [-0.15, -0.1) is 0 Å². The molecule has 0 atom stereocenters. The zero-order valence-corrected chi connectivity index (χ0v) is 6.26. The second-order valence-electron chi connectivity index (χ2n) is 2.08. The van der Waals surface area contributed by atoms with Gasteiger partial charge in [-0.25, -0.2) is 4.79 Å². The van der Waals surface area contributed by atoms with Gasteiger partial charge >= 0.3 is 24.9 Å². The monoisotopic (exact) mass is 137 g/mol. The molecule has 1 saturated heterocycles. The largest absolute Gasteiger partial charge is 1.00 e. The summed E-state index contributed by atoms with van der Waals surface area (Å²) < 4.78 is 0. The summed E-state index contributed by atoms with van der Waals surface area (Å²) in [7, 11) is 0.